The number of carbonyl (C=O) groups excluding carboxylic acids is 1. The number of para-hydroxylation sites is 2. The number of anilines is 1. The Morgan fingerprint density at radius 2 is 1.97 bits per heavy atom. The van der Waals surface area contributed by atoms with Gasteiger partial charge < -0.3 is 14.8 Å². The molecular formula is C24H24N4O3. The van der Waals surface area contributed by atoms with E-state index in [2.05, 4.69) is 34.3 Å². The van der Waals surface area contributed by atoms with E-state index in [4.69, 9.17) is 4.52 Å². The predicted molar refractivity (Wildman–Crippen MR) is 120 cm³/mol. The average molecular weight is 416 g/mol. The summed E-state index contributed by atoms with van der Waals surface area (Å²) < 4.78 is 5.28. The summed E-state index contributed by atoms with van der Waals surface area (Å²) in [5, 5.41) is 7.78. The van der Waals surface area contributed by atoms with Crippen LogP contribution in [0.1, 0.15) is 43.2 Å². The second-order valence-electron chi connectivity index (χ2n) is 7.85. The Balaban J connectivity index is 1.47. The van der Waals surface area contributed by atoms with E-state index in [1.165, 1.54) is 0 Å². The summed E-state index contributed by atoms with van der Waals surface area (Å²) in [5.41, 5.74) is 3.73. The third kappa shape index (κ3) is 4.40. The first kappa shape index (κ1) is 20.5. The van der Waals surface area contributed by atoms with Crippen molar-refractivity contribution in [3.8, 4) is 11.4 Å². The number of benzene rings is 2. The van der Waals surface area contributed by atoms with Crippen LogP contribution < -0.4 is 10.9 Å². The third-order valence-corrected chi connectivity index (χ3v) is 5.22. The quantitative estimate of drug-likeness (QED) is 0.479. The van der Waals surface area contributed by atoms with Crippen molar-refractivity contribution in [1.29, 1.82) is 0 Å². The van der Waals surface area contributed by atoms with Crippen molar-refractivity contribution in [3.63, 3.8) is 0 Å². The maximum atomic E-state index is 12.5. The minimum Gasteiger partial charge on any atom is -0.339 e. The summed E-state index contributed by atoms with van der Waals surface area (Å²) in [7, 11) is 0. The Morgan fingerprint density at radius 3 is 2.77 bits per heavy atom. The molecule has 0 aliphatic rings. The molecule has 31 heavy (non-hydrogen) atoms. The Hall–Kier alpha value is -3.74. The zero-order chi connectivity index (χ0) is 22.0. The first-order valence-electron chi connectivity index (χ1n) is 10.3. The van der Waals surface area contributed by atoms with E-state index in [-0.39, 0.29) is 30.1 Å². The Kier molecular flexibility index (Phi) is 5.66. The molecular weight excluding hydrogens is 392 g/mol. The molecule has 0 radical (unpaired) electrons. The van der Waals surface area contributed by atoms with Gasteiger partial charge in [-0.2, -0.15) is 4.98 Å². The van der Waals surface area contributed by atoms with Gasteiger partial charge in [-0.05, 0) is 41.5 Å². The number of nitrogens with zero attached hydrogens (tertiary/aromatic N) is 2. The number of aromatic nitrogens is 3. The summed E-state index contributed by atoms with van der Waals surface area (Å²) in [6, 6.07) is 15.3. The third-order valence-electron chi connectivity index (χ3n) is 5.22. The lowest BCUT2D eigenvalue weighted by atomic mass is 10.0. The lowest BCUT2D eigenvalue weighted by Gasteiger charge is -2.13. The molecule has 4 rings (SSSR count). The first-order valence-corrected chi connectivity index (χ1v) is 10.3. The van der Waals surface area contributed by atoms with Gasteiger partial charge in [0.25, 0.3) is 5.56 Å². The van der Waals surface area contributed by atoms with E-state index in [0.29, 0.717) is 17.4 Å². The van der Waals surface area contributed by atoms with Gasteiger partial charge in [0.1, 0.15) is 0 Å². The fraction of sp³-hybridized carbons (Fsp3) is 0.250. The maximum Gasteiger partial charge on any atom is 0.259 e. The highest BCUT2D eigenvalue weighted by molar-refractivity contribution is 5.91. The number of hydrogen-bond donors (Lipinski definition) is 2. The van der Waals surface area contributed by atoms with Crippen molar-refractivity contribution in [3.05, 3.63) is 75.9 Å². The van der Waals surface area contributed by atoms with Gasteiger partial charge in [-0.15, -0.1) is 0 Å². The SMILES string of the molecule is Cc1cccc2cc(-c3noc(CCC(=O)Nc4ccccc4C(C)C)n3)c(=O)[nH]c12. The van der Waals surface area contributed by atoms with Crippen LogP contribution in [-0.4, -0.2) is 21.0 Å². The number of hydrogen-bond acceptors (Lipinski definition) is 5. The van der Waals surface area contributed by atoms with Gasteiger partial charge in [0, 0.05) is 18.5 Å². The van der Waals surface area contributed by atoms with Crippen LogP contribution in [0.2, 0.25) is 0 Å². The standard InChI is InChI=1S/C24H24N4O3/c1-14(2)17-9-4-5-10-19(17)25-20(29)11-12-21-26-23(28-31-21)18-13-16-8-6-7-15(3)22(16)27-24(18)30/h4-10,13-14H,11-12H2,1-3H3,(H,25,29)(H,27,30). The number of amides is 1. The summed E-state index contributed by atoms with van der Waals surface area (Å²) in [6.07, 6.45) is 0.481. The smallest absolute Gasteiger partial charge is 0.259 e. The monoisotopic (exact) mass is 416 g/mol. The van der Waals surface area contributed by atoms with E-state index < -0.39 is 0 Å². The number of rotatable bonds is 6. The molecule has 0 fully saturated rings. The highest BCUT2D eigenvalue weighted by Gasteiger charge is 2.15. The van der Waals surface area contributed by atoms with E-state index in [1.54, 1.807) is 6.07 Å². The molecule has 2 heterocycles. The van der Waals surface area contributed by atoms with E-state index in [9.17, 15) is 9.59 Å². The van der Waals surface area contributed by atoms with Gasteiger partial charge in [-0.3, -0.25) is 9.59 Å². The molecule has 158 valence electrons. The minimum atomic E-state index is -0.280. The van der Waals surface area contributed by atoms with Crippen LogP contribution in [0.3, 0.4) is 0 Å². The van der Waals surface area contributed by atoms with Crippen LogP contribution in [0.25, 0.3) is 22.3 Å². The molecule has 0 unspecified atom stereocenters. The van der Waals surface area contributed by atoms with Crippen molar-refractivity contribution in [2.75, 3.05) is 5.32 Å². The lowest BCUT2D eigenvalue weighted by Crippen LogP contribution is -2.14. The topological polar surface area (TPSA) is 101 Å². The van der Waals surface area contributed by atoms with Gasteiger partial charge >= 0.3 is 0 Å². The molecule has 0 spiro atoms. The fourth-order valence-corrected chi connectivity index (χ4v) is 3.56. The number of carbonyl (C=O) groups is 1. The van der Waals surface area contributed by atoms with Gasteiger partial charge in [-0.1, -0.05) is 55.4 Å². The van der Waals surface area contributed by atoms with Crippen molar-refractivity contribution < 1.29 is 9.32 Å². The molecule has 0 saturated heterocycles. The minimum absolute atomic E-state index is 0.133. The largest absolute Gasteiger partial charge is 0.339 e. The molecule has 0 atom stereocenters. The Morgan fingerprint density at radius 1 is 1.16 bits per heavy atom. The molecule has 0 bridgehead atoms. The maximum absolute atomic E-state index is 12.5. The van der Waals surface area contributed by atoms with Crippen LogP contribution in [0.5, 0.6) is 0 Å². The summed E-state index contributed by atoms with van der Waals surface area (Å²) in [5.74, 6) is 0.696. The second-order valence-corrected chi connectivity index (χ2v) is 7.85. The van der Waals surface area contributed by atoms with Gasteiger partial charge in [0.15, 0.2) is 0 Å². The highest BCUT2D eigenvalue weighted by atomic mass is 16.5. The molecule has 2 aromatic heterocycles. The average Bonchev–Trinajstić information content (AvgIpc) is 3.22. The first-order chi connectivity index (χ1) is 14.9. The second kappa shape index (κ2) is 8.55. The van der Waals surface area contributed by atoms with Crippen LogP contribution in [-0.2, 0) is 11.2 Å². The number of fused-ring (bicyclic) bond motifs is 1. The zero-order valence-corrected chi connectivity index (χ0v) is 17.7. The molecule has 0 aliphatic carbocycles. The normalized spacial score (nSPS) is 11.2. The van der Waals surface area contributed by atoms with Gasteiger partial charge in [0.2, 0.25) is 17.6 Å². The summed E-state index contributed by atoms with van der Waals surface area (Å²) in [4.78, 5) is 32.1. The molecule has 7 heteroatoms. The fourth-order valence-electron chi connectivity index (χ4n) is 3.56. The number of nitrogens with one attached hydrogen (secondary N) is 2. The number of pyridine rings is 1. The Bertz CT molecular complexity index is 1300. The highest BCUT2D eigenvalue weighted by Crippen LogP contribution is 2.24. The molecule has 2 N–H and O–H groups in total. The van der Waals surface area contributed by atoms with Crippen molar-refractivity contribution in [1.82, 2.24) is 15.1 Å². The molecule has 7 nitrogen and oxygen atoms in total. The van der Waals surface area contributed by atoms with Crippen LogP contribution in [0, 0.1) is 6.92 Å². The lowest BCUT2D eigenvalue weighted by molar-refractivity contribution is -0.116. The van der Waals surface area contributed by atoms with E-state index in [1.807, 2.05) is 49.4 Å². The van der Waals surface area contributed by atoms with Crippen LogP contribution >= 0.6 is 0 Å². The number of aromatic amines is 1. The summed E-state index contributed by atoms with van der Waals surface area (Å²) >= 11 is 0. The molecule has 4 aromatic rings. The van der Waals surface area contributed by atoms with E-state index >= 15 is 0 Å². The predicted octanol–water partition coefficient (Wildman–Crippen LogP) is 4.58. The molecule has 0 aliphatic heterocycles. The van der Waals surface area contributed by atoms with Crippen molar-refractivity contribution >= 4 is 22.5 Å². The van der Waals surface area contributed by atoms with Crippen LogP contribution in [0.15, 0.2) is 57.8 Å². The molecule has 2 aromatic carbocycles. The summed E-state index contributed by atoms with van der Waals surface area (Å²) in [6.45, 7) is 6.11. The zero-order valence-electron chi connectivity index (χ0n) is 17.7. The Labute approximate surface area is 179 Å². The molecule has 0 saturated carbocycles. The van der Waals surface area contributed by atoms with Crippen molar-refractivity contribution in [2.24, 2.45) is 0 Å². The van der Waals surface area contributed by atoms with E-state index in [0.717, 1.165) is 27.7 Å². The molecule has 1 amide bonds. The van der Waals surface area contributed by atoms with Crippen LogP contribution in [0.4, 0.5) is 5.69 Å². The van der Waals surface area contributed by atoms with Gasteiger partial charge in [-0.25, -0.2) is 0 Å². The number of aryl methyl sites for hydroxylation is 2. The van der Waals surface area contributed by atoms with Crippen molar-refractivity contribution in [2.45, 2.75) is 39.5 Å². The number of H-pyrrole nitrogens is 1. The van der Waals surface area contributed by atoms with Gasteiger partial charge in [0.05, 0.1) is 11.1 Å².